The Bertz CT molecular complexity index is 735. The van der Waals surface area contributed by atoms with Gasteiger partial charge in [0.1, 0.15) is 17.5 Å². The van der Waals surface area contributed by atoms with Crippen LogP contribution < -0.4 is 16.0 Å². The van der Waals surface area contributed by atoms with Crippen molar-refractivity contribution in [3.63, 3.8) is 0 Å². The highest BCUT2D eigenvalue weighted by atomic mass is 15.2. The Morgan fingerprint density at radius 3 is 2.48 bits per heavy atom. The van der Waals surface area contributed by atoms with Gasteiger partial charge in [-0.1, -0.05) is 18.2 Å². The van der Waals surface area contributed by atoms with Crippen LogP contribution in [0.4, 0.5) is 11.4 Å². The van der Waals surface area contributed by atoms with Crippen LogP contribution in [0.3, 0.4) is 0 Å². The number of benzene rings is 1. The molecule has 3 N–H and O–H groups in total. The van der Waals surface area contributed by atoms with Crippen LogP contribution in [0.1, 0.15) is 19.8 Å². The first kappa shape index (κ1) is 14.9. The normalized spacial score (nSPS) is 16.8. The van der Waals surface area contributed by atoms with E-state index in [0.717, 1.165) is 24.2 Å². The van der Waals surface area contributed by atoms with Crippen LogP contribution in [0.25, 0.3) is 0 Å². The molecular formula is C17H18N6. The molecule has 0 aromatic heterocycles. The molecule has 1 aromatic carbocycles. The van der Waals surface area contributed by atoms with Crippen molar-refractivity contribution in [2.45, 2.75) is 25.8 Å². The van der Waals surface area contributed by atoms with Crippen molar-refractivity contribution in [3.8, 4) is 6.07 Å². The zero-order chi connectivity index (χ0) is 16.2. The Morgan fingerprint density at radius 1 is 1.35 bits per heavy atom. The van der Waals surface area contributed by atoms with Crippen molar-refractivity contribution >= 4 is 24.1 Å². The van der Waals surface area contributed by atoms with E-state index in [2.05, 4.69) is 38.7 Å². The number of allylic oxidation sites excluding steroid dienone is 2. The van der Waals surface area contributed by atoms with E-state index in [0.29, 0.717) is 29.1 Å². The largest absolute Gasteiger partial charge is 0.339 e. The molecule has 1 aliphatic heterocycles. The van der Waals surface area contributed by atoms with Crippen molar-refractivity contribution in [1.82, 2.24) is 5.32 Å². The predicted octanol–water partition coefficient (Wildman–Crippen LogP) is 2.97. The lowest BCUT2D eigenvalue weighted by molar-refractivity contribution is 1.01. The van der Waals surface area contributed by atoms with Crippen LogP contribution in [0.2, 0.25) is 0 Å². The zero-order valence-electron chi connectivity index (χ0n) is 12.9. The van der Waals surface area contributed by atoms with Crippen LogP contribution in [0, 0.1) is 11.3 Å². The van der Waals surface area contributed by atoms with Gasteiger partial charge in [-0.25, -0.2) is 9.98 Å². The van der Waals surface area contributed by atoms with Crippen LogP contribution >= 0.6 is 0 Å². The molecule has 0 amide bonds. The first-order chi connectivity index (χ1) is 11.2. The molecular weight excluding hydrogens is 288 g/mol. The summed E-state index contributed by atoms with van der Waals surface area (Å²) in [4.78, 5) is 8.35. The number of nitrogens with one attached hydrogen (secondary N) is 3. The predicted molar refractivity (Wildman–Crippen MR) is 93.2 cm³/mol. The Morgan fingerprint density at radius 2 is 2.00 bits per heavy atom. The smallest absolute Gasteiger partial charge is 0.222 e. The van der Waals surface area contributed by atoms with Crippen LogP contribution in [0.15, 0.2) is 57.4 Å². The highest BCUT2D eigenvalue weighted by molar-refractivity contribution is 5.87. The molecule has 0 bridgehead atoms. The number of aliphatic imine (C=N–C) groups is 2. The Labute approximate surface area is 135 Å². The van der Waals surface area contributed by atoms with Crippen molar-refractivity contribution < 1.29 is 0 Å². The summed E-state index contributed by atoms with van der Waals surface area (Å²) in [7, 11) is 0. The summed E-state index contributed by atoms with van der Waals surface area (Å²) in [6.07, 6.45) is 3.98. The minimum atomic E-state index is 0.325. The van der Waals surface area contributed by atoms with Gasteiger partial charge in [0, 0.05) is 0 Å². The average molecular weight is 306 g/mol. The molecule has 1 heterocycles. The quantitative estimate of drug-likeness (QED) is 0.455. The number of hydrogen-bond acceptors (Lipinski definition) is 4. The molecule has 0 saturated heterocycles. The molecule has 23 heavy (non-hydrogen) atoms. The average Bonchev–Trinajstić information content (AvgIpc) is 3.29. The lowest BCUT2D eigenvalue weighted by Gasteiger charge is -2.11. The maximum atomic E-state index is 9.59. The van der Waals surface area contributed by atoms with Crippen molar-refractivity contribution in [3.05, 3.63) is 47.4 Å². The molecule has 116 valence electrons. The summed E-state index contributed by atoms with van der Waals surface area (Å²) in [5, 5.41) is 19.1. The van der Waals surface area contributed by atoms with E-state index in [1.165, 1.54) is 0 Å². The molecule has 0 atom stereocenters. The van der Waals surface area contributed by atoms with E-state index >= 15 is 0 Å². The lowest BCUT2D eigenvalue weighted by atomic mass is 10.2. The van der Waals surface area contributed by atoms with E-state index in [4.69, 9.17) is 0 Å². The fraction of sp³-hybridized carbons (Fsp3) is 0.235. The molecule has 0 unspecified atom stereocenters. The van der Waals surface area contributed by atoms with Crippen LogP contribution in [0.5, 0.6) is 0 Å². The van der Waals surface area contributed by atoms with Gasteiger partial charge in [0.05, 0.1) is 23.1 Å². The summed E-state index contributed by atoms with van der Waals surface area (Å²) < 4.78 is 0. The summed E-state index contributed by atoms with van der Waals surface area (Å²) in [6.45, 7) is 5.40. The van der Waals surface area contributed by atoms with E-state index in [1.54, 1.807) is 0 Å². The van der Waals surface area contributed by atoms with Gasteiger partial charge in [0.2, 0.25) is 5.96 Å². The van der Waals surface area contributed by atoms with Gasteiger partial charge in [0.25, 0.3) is 0 Å². The summed E-state index contributed by atoms with van der Waals surface area (Å²) in [6, 6.07) is 10.4. The molecule has 0 spiro atoms. The second-order valence-electron chi connectivity index (χ2n) is 5.33. The third-order valence-corrected chi connectivity index (χ3v) is 3.61. The Hall–Kier alpha value is -3.07. The molecule has 6 nitrogen and oxygen atoms in total. The van der Waals surface area contributed by atoms with Crippen molar-refractivity contribution in [2.75, 3.05) is 10.6 Å². The highest BCUT2D eigenvalue weighted by Gasteiger charge is 2.23. The SMILES string of the molecule is C=NC(=NC1CC1)N/C(=C\C)C(C#N)=C1Nc2ccccc2N1. The number of hydrogen-bond donors (Lipinski definition) is 3. The molecule has 1 saturated carbocycles. The van der Waals surface area contributed by atoms with Crippen LogP contribution in [-0.2, 0) is 0 Å². The standard InChI is InChI=1S/C17H18N6/c1-3-13(23-17(19-2)20-11-8-9-11)12(10-18)16-21-14-6-4-5-7-15(14)22-16/h3-7,11,21-22H,2,8-9H2,1H3,(H,20,23)/b13-3-. The summed E-state index contributed by atoms with van der Waals surface area (Å²) >= 11 is 0. The van der Waals surface area contributed by atoms with Crippen LogP contribution in [-0.4, -0.2) is 18.7 Å². The van der Waals surface area contributed by atoms with Gasteiger partial charge in [-0.3, -0.25) is 0 Å². The fourth-order valence-corrected chi connectivity index (χ4v) is 2.27. The van der Waals surface area contributed by atoms with Gasteiger partial charge in [-0.05, 0) is 38.6 Å². The summed E-state index contributed by atoms with van der Waals surface area (Å²) in [5.41, 5.74) is 3.00. The Balaban J connectivity index is 1.86. The number of guanidine groups is 1. The third-order valence-electron chi connectivity index (χ3n) is 3.61. The van der Waals surface area contributed by atoms with E-state index in [9.17, 15) is 5.26 Å². The van der Waals surface area contributed by atoms with E-state index < -0.39 is 0 Å². The lowest BCUT2D eigenvalue weighted by Crippen LogP contribution is -2.24. The molecule has 1 aromatic rings. The third kappa shape index (κ3) is 3.24. The van der Waals surface area contributed by atoms with E-state index in [-0.39, 0.29) is 0 Å². The zero-order valence-corrected chi connectivity index (χ0v) is 12.9. The number of fused-ring (bicyclic) bond motifs is 1. The number of anilines is 2. The molecule has 3 rings (SSSR count). The molecule has 2 aliphatic rings. The topological polar surface area (TPSA) is 84.6 Å². The minimum Gasteiger partial charge on any atom is -0.339 e. The van der Waals surface area contributed by atoms with Gasteiger partial charge in [0.15, 0.2) is 0 Å². The maximum Gasteiger partial charge on any atom is 0.222 e. The Kier molecular flexibility index (Phi) is 4.11. The molecule has 6 heteroatoms. The van der Waals surface area contributed by atoms with Gasteiger partial charge < -0.3 is 16.0 Å². The van der Waals surface area contributed by atoms with Crippen molar-refractivity contribution in [2.24, 2.45) is 9.98 Å². The first-order valence-corrected chi connectivity index (χ1v) is 7.51. The monoisotopic (exact) mass is 306 g/mol. The van der Waals surface area contributed by atoms with E-state index in [1.807, 2.05) is 37.3 Å². The molecule has 1 aliphatic carbocycles. The van der Waals surface area contributed by atoms with Crippen molar-refractivity contribution in [1.29, 1.82) is 5.26 Å². The van der Waals surface area contributed by atoms with Gasteiger partial charge >= 0.3 is 0 Å². The first-order valence-electron chi connectivity index (χ1n) is 7.51. The second-order valence-corrected chi connectivity index (χ2v) is 5.33. The fourth-order valence-electron chi connectivity index (χ4n) is 2.27. The second kappa shape index (κ2) is 6.36. The van der Waals surface area contributed by atoms with Gasteiger partial charge in [-0.15, -0.1) is 0 Å². The summed E-state index contributed by atoms with van der Waals surface area (Å²) in [5.74, 6) is 1.09. The maximum absolute atomic E-state index is 9.59. The van der Waals surface area contributed by atoms with Gasteiger partial charge in [-0.2, -0.15) is 5.26 Å². The molecule has 1 fully saturated rings. The number of nitriles is 1. The number of rotatable bonds is 3. The number of nitrogens with zero attached hydrogens (tertiary/aromatic N) is 3. The number of para-hydroxylation sites is 2. The highest BCUT2D eigenvalue weighted by Crippen LogP contribution is 2.32. The molecule has 0 radical (unpaired) electrons. The minimum absolute atomic E-state index is 0.325.